The van der Waals surface area contributed by atoms with Gasteiger partial charge in [-0.15, -0.1) is 0 Å². The lowest BCUT2D eigenvalue weighted by Gasteiger charge is -2.27. The molecule has 29 heavy (non-hydrogen) atoms. The molecule has 2 aromatic carbocycles. The Labute approximate surface area is 172 Å². The molecule has 3 atom stereocenters. The zero-order valence-corrected chi connectivity index (χ0v) is 17.5. The average molecular weight is 396 g/mol. The van der Waals surface area contributed by atoms with Crippen LogP contribution < -0.4 is 14.8 Å². The molecule has 154 valence electrons. The molecule has 0 saturated carbocycles. The molecule has 0 aliphatic carbocycles. The van der Waals surface area contributed by atoms with Gasteiger partial charge in [0.2, 0.25) is 0 Å². The Morgan fingerprint density at radius 3 is 2.48 bits per heavy atom. The maximum absolute atomic E-state index is 13.0. The van der Waals surface area contributed by atoms with Crippen molar-refractivity contribution in [1.82, 2.24) is 9.80 Å². The van der Waals surface area contributed by atoms with Crippen LogP contribution in [0, 0.1) is 18.8 Å². The first kappa shape index (κ1) is 19.6. The summed E-state index contributed by atoms with van der Waals surface area (Å²) in [4.78, 5) is 17.3. The van der Waals surface area contributed by atoms with Gasteiger partial charge in [0, 0.05) is 31.6 Å². The van der Waals surface area contributed by atoms with Crippen molar-refractivity contribution < 1.29 is 14.3 Å². The molecule has 2 heterocycles. The Morgan fingerprint density at radius 2 is 1.79 bits per heavy atom. The maximum atomic E-state index is 13.0. The number of carbonyl (C=O) groups excluding carboxylic acids is 1. The minimum Gasteiger partial charge on any atom is -0.497 e. The summed E-state index contributed by atoms with van der Waals surface area (Å²) in [5, 5.41) is 3.05. The van der Waals surface area contributed by atoms with Gasteiger partial charge in [-0.25, -0.2) is 4.79 Å². The highest BCUT2D eigenvalue weighted by Gasteiger charge is 2.47. The van der Waals surface area contributed by atoms with Crippen molar-refractivity contribution in [1.29, 1.82) is 0 Å². The number of rotatable bonds is 4. The van der Waals surface area contributed by atoms with E-state index in [1.54, 1.807) is 14.2 Å². The second kappa shape index (κ2) is 7.95. The molecule has 2 aliphatic heterocycles. The van der Waals surface area contributed by atoms with E-state index < -0.39 is 0 Å². The van der Waals surface area contributed by atoms with E-state index in [1.807, 2.05) is 42.2 Å². The second-order valence-corrected chi connectivity index (χ2v) is 8.12. The summed E-state index contributed by atoms with van der Waals surface area (Å²) in [5.41, 5.74) is 3.09. The fourth-order valence-electron chi connectivity index (χ4n) is 4.84. The summed E-state index contributed by atoms with van der Waals surface area (Å²) in [6.07, 6.45) is 0. The van der Waals surface area contributed by atoms with Crippen LogP contribution in [0.15, 0.2) is 42.5 Å². The molecule has 2 aromatic rings. The van der Waals surface area contributed by atoms with Crippen LogP contribution in [0.5, 0.6) is 11.5 Å². The van der Waals surface area contributed by atoms with Gasteiger partial charge in [0.05, 0.1) is 19.9 Å². The molecule has 2 amide bonds. The third kappa shape index (κ3) is 3.77. The fraction of sp³-hybridized carbons (Fsp3) is 0.435. The molecule has 4 rings (SSSR count). The zero-order chi connectivity index (χ0) is 20.5. The third-order valence-electron chi connectivity index (χ3n) is 6.24. The predicted molar refractivity (Wildman–Crippen MR) is 114 cm³/mol. The number of nitrogens with zero attached hydrogens (tertiary/aromatic N) is 2. The summed E-state index contributed by atoms with van der Waals surface area (Å²) in [6, 6.07) is 14.4. The van der Waals surface area contributed by atoms with E-state index in [0.29, 0.717) is 23.6 Å². The van der Waals surface area contributed by atoms with Crippen LogP contribution in [0.3, 0.4) is 0 Å². The van der Waals surface area contributed by atoms with Gasteiger partial charge in [0.15, 0.2) is 0 Å². The van der Waals surface area contributed by atoms with Crippen LogP contribution >= 0.6 is 0 Å². The number of methoxy groups -OCH3 is 2. The minimum absolute atomic E-state index is 0.0561. The standard InChI is InChI=1S/C23H29N3O3/c1-15-5-10-21(29-4)20(11-15)24-23(27)26-13-17-12-25(2)22(19(17)14-26)16-6-8-18(28-3)9-7-16/h5-11,17,19,22H,12-14H2,1-4H3,(H,24,27)/t17-,19+,22+/m0/s1. The molecule has 6 nitrogen and oxygen atoms in total. The molecule has 6 heteroatoms. The third-order valence-corrected chi connectivity index (χ3v) is 6.24. The van der Waals surface area contributed by atoms with Crippen molar-refractivity contribution in [2.45, 2.75) is 13.0 Å². The van der Waals surface area contributed by atoms with Gasteiger partial charge in [0.25, 0.3) is 0 Å². The van der Waals surface area contributed by atoms with Gasteiger partial charge < -0.3 is 19.7 Å². The van der Waals surface area contributed by atoms with Gasteiger partial charge in [-0.2, -0.15) is 0 Å². The lowest BCUT2D eigenvalue weighted by molar-refractivity contribution is 0.205. The number of fused-ring (bicyclic) bond motifs is 1. The van der Waals surface area contributed by atoms with Crippen LogP contribution in [0.1, 0.15) is 17.2 Å². The van der Waals surface area contributed by atoms with Crippen LogP contribution in [0.4, 0.5) is 10.5 Å². The number of ether oxygens (including phenoxy) is 2. The van der Waals surface area contributed by atoms with Crippen molar-refractivity contribution in [3.63, 3.8) is 0 Å². The second-order valence-electron chi connectivity index (χ2n) is 8.12. The van der Waals surface area contributed by atoms with Crippen LogP contribution in [0.2, 0.25) is 0 Å². The largest absolute Gasteiger partial charge is 0.497 e. The smallest absolute Gasteiger partial charge is 0.321 e. The first-order chi connectivity index (χ1) is 14.0. The van der Waals surface area contributed by atoms with Crippen LogP contribution in [-0.4, -0.2) is 56.7 Å². The molecule has 0 bridgehead atoms. The average Bonchev–Trinajstić information content (AvgIpc) is 3.25. The van der Waals surface area contributed by atoms with E-state index in [9.17, 15) is 4.79 Å². The van der Waals surface area contributed by atoms with Gasteiger partial charge in [-0.1, -0.05) is 18.2 Å². The maximum Gasteiger partial charge on any atom is 0.321 e. The number of carbonyl (C=O) groups is 1. The molecule has 2 saturated heterocycles. The highest BCUT2D eigenvalue weighted by atomic mass is 16.5. The van der Waals surface area contributed by atoms with Gasteiger partial charge in [-0.05, 0) is 55.3 Å². The normalized spacial score (nSPS) is 23.7. The van der Waals surface area contributed by atoms with Crippen molar-refractivity contribution in [3.05, 3.63) is 53.6 Å². The number of hydrogen-bond donors (Lipinski definition) is 1. The van der Waals surface area contributed by atoms with Gasteiger partial charge >= 0.3 is 6.03 Å². The highest BCUT2D eigenvalue weighted by molar-refractivity contribution is 5.91. The molecule has 0 spiro atoms. The molecule has 2 aliphatic rings. The topological polar surface area (TPSA) is 54.0 Å². The zero-order valence-electron chi connectivity index (χ0n) is 17.5. The SMILES string of the molecule is COc1ccc([C@@H]2[C@@H]3CN(C(=O)Nc4cc(C)ccc4OC)C[C@@H]3CN2C)cc1. The molecule has 0 radical (unpaired) electrons. The van der Waals surface area contributed by atoms with Gasteiger partial charge in [0.1, 0.15) is 11.5 Å². The summed E-state index contributed by atoms with van der Waals surface area (Å²) < 4.78 is 10.7. The Bertz CT molecular complexity index is 883. The minimum atomic E-state index is -0.0561. The van der Waals surface area contributed by atoms with Gasteiger partial charge in [-0.3, -0.25) is 4.90 Å². The van der Waals surface area contributed by atoms with Crippen LogP contribution in [0.25, 0.3) is 0 Å². The Hall–Kier alpha value is -2.73. The Kier molecular flexibility index (Phi) is 5.37. The van der Waals surface area contributed by atoms with E-state index in [-0.39, 0.29) is 6.03 Å². The van der Waals surface area contributed by atoms with E-state index in [0.717, 1.165) is 36.6 Å². The van der Waals surface area contributed by atoms with Crippen molar-refractivity contribution >= 4 is 11.7 Å². The number of benzene rings is 2. The Balaban J connectivity index is 1.48. The van der Waals surface area contributed by atoms with E-state index in [1.165, 1.54) is 5.56 Å². The van der Waals surface area contributed by atoms with Crippen molar-refractivity contribution in [3.8, 4) is 11.5 Å². The summed E-state index contributed by atoms with van der Waals surface area (Å²) in [7, 11) is 5.48. The molecule has 2 fully saturated rings. The number of nitrogens with one attached hydrogen (secondary N) is 1. The van der Waals surface area contributed by atoms with E-state index >= 15 is 0 Å². The molecular weight excluding hydrogens is 366 g/mol. The molecule has 0 unspecified atom stereocenters. The number of aryl methyl sites for hydroxylation is 1. The first-order valence-electron chi connectivity index (χ1n) is 10.0. The number of hydrogen-bond acceptors (Lipinski definition) is 4. The summed E-state index contributed by atoms with van der Waals surface area (Å²) >= 11 is 0. The number of urea groups is 1. The predicted octanol–water partition coefficient (Wildman–Crippen LogP) is 3.78. The number of likely N-dealkylation sites (tertiary alicyclic amines) is 2. The van der Waals surface area contributed by atoms with E-state index in [4.69, 9.17) is 9.47 Å². The Morgan fingerprint density at radius 1 is 1.03 bits per heavy atom. The van der Waals surface area contributed by atoms with Crippen molar-refractivity contribution in [2.24, 2.45) is 11.8 Å². The van der Waals surface area contributed by atoms with E-state index in [2.05, 4.69) is 29.4 Å². The van der Waals surface area contributed by atoms with Crippen molar-refractivity contribution in [2.75, 3.05) is 46.2 Å². The monoisotopic (exact) mass is 395 g/mol. The first-order valence-corrected chi connectivity index (χ1v) is 10.0. The number of anilines is 1. The fourth-order valence-corrected chi connectivity index (χ4v) is 4.84. The molecule has 1 N–H and O–H groups in total. The molecule has 0 aromatic heterocycles. The van der Waals surface area contributed by atoms with Crippen LogP contribution in [-0.2, 0) is 0 Å². The summed E-state index contributed by atoms with van der Waals surface area (Å²) in [5.74, 6) is 2.46. The quantitative estimate of drug-likeness (QED) is 0.856. The summed E-state index contributed by atoms with van der Waals surface area (Å²) in [6.45, 7) is 4.54. The highest BCUT2D eigenvalue weighted by Crippen LogP contribution is 2.44. The lowest BCUT2D eigenvalue weighted by atomic mass is 9.89. The lowest BCUT2D eigenvalue weighted by Crippen LogP contribution is -2.36. The number of amides is 2. The molecular formula is C23H29N3O3.